The van der Waals surface area contributed by atoms with Crippen molar-refractivity contribution >= 4 is 11.0 Å². The molecule has 21 heavy (non-hydrogen) atoms. The van der Waals surface area contributed by atoms with E-state index in [1.165, 1.54) is 31.4 Å². The van der Waals surface area contributed by atoms with E-state index >= 15 is 0 Å². The van der Waals surface area contributed by atoms with Gasteiger partial charge in [0.1, 0.15) is 5.82 Å². The first-order valence-electron chi connectivity index (χ1n) is 8.11. The highest BCUT2D eigenvalue weighted by atomic mass is 15.1. The van der Waals surface area contributed by atoms with Gasteiger partial charge in [-0.15, -0.1) is 0 Å². The summed E-state index contributed by atoms with van der Waals surface area (Å²) in [4.78, 5) is 7.19. The molecule has 0 atom stereocenters. The minimum Gasteiger partial charge on any atom is -0.327 e. The van der Waals surface area contributed by atoms with Gasteiger partial charge in [-0.3, -0.25) is 0 Å². The van der Waals surface area contributed by atoms with Gasteiger partial charge in [0.15, 0.2) is 0 Å². The van der Waals surface area contributed by atoms with Gasteiger partial charge in [-0.05, 0) is 64.5 Å². The Hall–Kier alpha value is -1.39. The summed E-state index contributed by atoms with van der Waals surface area (Å²) in [7, 11) is 2.22. The van der Waals surface area contributed by atoms with Crippen molar-refractivity contribution in [1.82, 2.24) is 19.8 Å². The Kier molecular flexibility index (Phi) is 4.56. The number of aryl methyl sites for hydroxylation is 1. The number of aromatic nitrogens is 2. The van der Waals surface area contributed by atoms with Gasteiger partial charge < -0.3 is 14.8 Å². The Morgan fingerprint density at radius 1 is 1.24 bits per heavy atom. The topological polar surface area (TPSA) is 33.1 Å². The van der Waals surface area contributed by atoms with E-state index < -0.39 is 0 Å². The van der Waals surface area contributed by atoms with E-state index in [0.29, 0.717) is 0 Å². The quantitative estimate of drug-likeness (QED) is 0.916. The molecule has 1 aromatic heterocycles. The predicted octanol–water partition coefficient (Wildman–Crippen LogP) is 2.49. The van der Waals surface area contributed by atoms with Crippen molar-refractivity contribution in [2.75, 3.05) is 26.7 Å². The third-order valence-electron chi connectivity index (χ3n) is 4.60. The summed E-state index contributed by atoms with van der Waals surface area (Å²) in [5.74, 6) is 1.98. The molecule has 1 fully saturated rings. The second kappa shape index (κ2) is 6.58. The molecule has 0 amide bonds. The first kappa shape index (κ1) is 14.5. The van der Waals surface area contributed by atoms with Crippen molar-refractivity contribution in [3.8, 4) is 0 Å². The molecule has 0 radical (unpaired) electrons. The molecule has 4 heteroatoms. The monoisotopic (exact) mass is 286 g/mol. The molecule has 0 unspecified atom stereocenters. The van der Waals surface area contributed by atoms with Gasteiger partial charge >= 0.3 is 0 Å². The number of benzene rings is 1. The van der Waals surface area contributed by atoms with Crippen LogP contribution in [0.15, 0.2) is 24.3 Å². The zero-order valence-electron chi connectivity index (χ0n) is 13.2. The van der Waals surface area contributed by atoms with Gasteiger partial charge in [-0.1, -0.05) is 12.1 Å². The highest BCUT2D eigenvalue weighted by Crippen LogP contribution is 2.17. The molecule has 2 aromatic rings. The lowest BCUT2D eigenvalue weighted by Gasteiger charge is -2.29. The number of para-hydroxylation sites is 2. The van der Waals surface area contributed by atoms with Gasteiger partial charge in [0.2, 0.25) is 0 Å². The largest absolute Gasteiger partial charge is 0.327 e. The van der Waals surface area contributed by atoms with Crippen LogP contribution in [0.1, 0.15) is 25.6 Å². The van der Waals surface area contributed by atoms with E-state index in [2.05, 4.69) is 53.0 Å². The molecule has 0 aliphatic carbocycles. The molecular weight excluding hydrogens is 260 g/mol. The maximum atomic E-state index is 4.77. The number of nitrogens with zero attached hydrogens (tertiary/aromatic N) is 3. The Bertz CT molecular complexity index is 581. The zero-order chi connectivity index (χ0) is 14.7. The van der Waals surface area contributed by atoms with Crippen molar-refractivity contribution in [2.45, 2.75) is 32.9 Å². The molecule has 0 saturated carbocycles. The summed E-state index contributed by atoms with van der Waals surface area (Å²) >= 11 is 0. The highest BCUT2D eigenvalue weighted by molar-refractivity contribution is 5.75. The fourth-order valence-electron chi connectivity index (χ4n) is 3.27. The average molecular weight is 286 g/mol. The van der Waals surface area contributed by atoms with E-state index in [1.54, 1.807) is 0 Å². The molecular formula is C17H26N4. The van der Waals surface area contributed by atoms with Gasteiger partial charge in [-0.25, -0.2) is 4.98 Å². The van der Waals surface area contributed by atoms with E-state index in [1.807, 2.05) is 0 Å². The van der Waals surface area contributed by atoms with Crippen LogP contribution >= 0.6 is 0 Å². The van der Waals surface area contributed by atoms with Gasteiger partial charge in [0.05, 0.1) is 17.6 Å². The third-order valence-corrected chi connectivity index (χ3v) is 4.60. The number of piperidine rings is 1. The number of nitrogens with one attached hydrogen (secondary N) is 1. The Labute approximate surface area is 127 Å². The summed E-state index contributed by atoms with van der Waals surface area (Å²) in [5, 5.41) is 3.62. The lowest BCUT2D eigenvalue weighted by atomic mass is 9.97. The van der Waals surface area contributed by atoms with Crippen LogP contribution in [-0.2, 0) is 13.1 Å². The fraction of sp³-hybridized carbons (Fsp3) is 0.588. The summed E-state index contributed by atoms with van der Waals surface area (Å²) < 4.78 is 2.32. The van der Waals surface area contributed by atoms with E-state index in [9.17, 15) is 0 Å². The second-order valence-corrected chi connectivity index (χ2v) is 6.14. The van der Waals surface area contributed by atoms with Crippen molar-refractivity contribution in [1.29, 1.82) is 0 Å². The summed E-state index contributed by atoms with van der Waals surface area (Å²) in [6.07, 6.45) is 2.63. The maximum absolute atomic E-state index is 4.77. The van der Waals surface area contributed by atoms with Crippen LogP contribution in [0, 0.1) is 5.92 Å². The third kappa shape index (κ3) is 3.27. The van der Waals surface area contributed by atoms with Crippen LogP contribution in [0.4, 0.5) is 0 Å². The van der Waals surface area contributed by atoms with E-state index in [0.717, 1.165) is 36.9 Å². The summed E-state index contributed by atoms with van der Waals surface area (Å²) in [6.45, 7) is 7.62. The second-order valence-electron chi connectivity index (χ2n) is 6.14. The molecule has 4 nitrogen and oxygen atoms in total. The molecule has 2 heterocycles. The van der Waals surface area contributed by atoms with Crippen molar-refractivity contribution in [2.24, 2.45) is 5.92 Å². The number of fused-ring (bicyclic) bond motifs is 1. The average Bonchev–Trinajstić information content (AvgIpc) is 2.86. The van der Waals surface area contributed by atoms with Crippen molar-refractivity contribution in [3.05, 3.63) is 30.1 Å². The van der Waals surface area contributed by atoms with E-state index in [-0.39, 0.29) is 0 Å². The highest BCUT2D eigenvalue weighted by Gasteiger charge is 2.16. The smallest absolute Gasteiger partial charge is 0.123 e. The Morgan fingerprint density at radius 3 is 2.76 bits per heavy atom. The maximum Gasteiger partial charge on any atom is 0.123 e. The van der Waals surface area contributed by atoms with Crippen LogP contribution in [0.3, 0.4) is 0 Å². The standard InChI is InChI=1S/C17H26N4/c1-3-21-16-7-5-4-6-15(16)19-17(21)13-18-12-14-8-10-20(2)11-9-14/h4-7,14,18H,3,8-13H2,1-2H3. The fourth-order valence-corrected chi connectivity index (χ4v) is 3.27. The molecule has 1 aliphatic heterocycles. The lowest BCUT2D eigenvalue weighted by Crippen LogP contribution is -2.35. The SMILES string of the molecule is CCn1c(CNCC2CCN(C)CC2)nc2ccccc21. The normalized spacial score (nSPS) is 17.6. The number of likely N-dealkylation sites (tertiary alicyclic amines) is 1. The summed E-state index contributed by atoms with van der Waals surface area (Å²) in [6, 6.07) is 8.41. The molecule has 3 rings (SSSR count). The molecule has 0 bridgehead atoms. The summed E-state index contributed by atoms with van der Waals surface area (Å²) in [5.41, 5.74) is 2.35. The van der Waals surface area contributed by atoms with Gasteiger partial charge in [0, 0.05) is 6.54 Å². The van der Waals surface area contributed by atoms with Crippen LogP contribution in [-0.4, -0.2) is 41.1 Å². The molecule has 0 spiro atoms. The molecule has 1 aromatic carbocycles. The first-order valence-corrected chi connectivity index (χ1v) is 8.11. The number of hydrogen-bond acceptors (Lipinski definition) is 3. The van der Waals surface area contributed by atoms with Crippen LogP contribution < -0.4 is 5.32 Å². The Morgan fingerprint density at radius 2 is 2.00 bits per heavy atom. The van der Waals surface area contributed by atoms with Gasteiger partial charge in [-0.2, -0.15) is 0 Å². The molecule has 1 aliphatic rings. The molecule has 1 N–H and O–H groups in total. The minimum absolute atomic E-state index is 0.820. The van der Waals surface area contributed by atoms with Crippen molar-refractivity contribution < 1.29 is 0 Å². The Balaban J connectivity index is 1.60. The van der Waals surface area contributed by atoms with Gasteiger partial charge in [0.25, 0.3) is 0 Å². The van der Waals surface area contributed by atoms with E-state index in [4.69, 9.17) is 4.98 Å². The minimum atomic E-state index is 0.820. The number of rotatable bonds is 5. The number of hydrogen-bond donors (Lipinski definition) is 1. The molecule has 114 valence electrons. The molecule has 1 saturated heterocycles. The first-order chi connectivity index (χ1) is 10.3. The van der Waals surface area contributed by atoms with Crippen LogP contribution in [0.5, 0.6) is 0 Å². The van der Waals surface area contributed by atoms with Crippen LogP contribution in [0.2, 0.25) is 0 Å². The van der Waals surface area contributed by atoms with Crippen LogP contribution in [0.25, 0.3) is 11.0 Å². The number of imidazole rings is 1. The predicted molar refractivity (Wildman–Crippen MR) is 87.3 cm³/mol. The lowest BCUT2D eigenvalue weighted by molar-refractivity contribution is 0.215. The van der Waals surface area contributed by atoms with Crippen molar-refractivity contribution in [3.63, 3.8) is 0 Å². The zero-order valence-corrected chi connectivity index (χ0v) is 13.2.